The smallest absolute Gasteiger partial charge is 0.251 e. The van der Waals surface area contributed by atoms with Gasteiger partial charge in [0.25, 0.3) is 5.91 Å². The summed E-state index contributed by atoms with van der Waals surface area (Å²) in [4.78, 5) is 45.2. The molecule has 0 radical (unpaired) electrons. The van der Waals surface area contributed by atoms with Crippen LogP contribution in [0.5, 0.6) is 0 Å². The van der Waals surface area contributed by atoms with Crippen molar-refractivity contribution >= 4 is 17.7 Å². The van der Waals surface area contributed by atoms with Gasteiger partial charge in [0.1, 0.15) is 6.04 Å². The Hall–Kier alpha value is -3.26. The maximum atomic E-state index is 13.7. The first-order valence-electron chi connectivity index (χ1n) is 13.0. The van der Waals surface area contributed by atoms with E-state index in [2.05, 4.69) is 15.6 Å². The van der Waals surface area contributed by atoms with Gasteiger partial charge < -0.3 is 20.6 Å². The lowest BCUT2D eigenvalue weighted by Crippen LogP contribution is -2.56. The number of hydrogen-bond acceptors (Lipinski definition) is 5. The standard InChI is InChI=1S/C28H36N4O4/c33-25(19-22-14-7-8-16-29-22)31-23(18-20-10-3-1-4-11-20)28(36)32-17-9-15-24(32)26(34)27(35)30-21-12-5-2-6-13-21/h1,3-4,7-8,10-11,14,16,21,23-24,26,34H,2,5-6,9,12-13,15,17-19H2,(H,30,35)(H,31,33)/t23-,24?,26?/m0/s1. The zero-order valence-corrected chi connectivity index (χ0v) is 20.6. The summed E-state index contributed by atoms with van der Waals surface area (Å²) < 4.78 is 0. The maximum absolute atomic E-state index is 13.7. The van der Waals surface area contributed by atoms with Gasteiger partial charge in [-0.1, -0.05) is 55.7 Å². The number of amides is 3. The van der Waals surface area contributed by atoms with Gasteiger partial charge >= 0.3 is 0 Å². The highest BCUT2D eigenvalue weighted by atomic mass is 16.3. The van der Waals surface area contributed by atoms with Gasteiger partial charge in [0.05, 0.1) is 12.5 Å². The Labute approximate surface area is 212 Å². The third-order valence-corrected chi connectivity index (χ3v) is 7.15. The number of pyridine rings is 1. The molecular weight excluding hydrogens is 456 g/mol. The summed E-state index contributed by atoms with van der Waals surface area (Å²) in [6.45, 7) is 0.443. The van der Waals surface area contributed by atoms with Gasteiger partial charge in [0.2, 0.25) is 11.8 Å². The molecule has 1 saturated carbocycles. The van der Waals surface area contributed by atoms with Crippen molar-refractivity contribution in [3.05, 3.63) is 66.0 Å². The lowest BCUT2D eigenvalue weighted by molar-refractivity contribution is -0.142. The average Bonchev–Trinajstić information content (AvgIpc) is 3.39. The molecule has 2 unspecified atom stereocenters. The summed E-state index contributed by atoms with van der Waals surface area (Å²) in [6, 6.07) is 13.6. The summed E-state index contributed by atoms with van der Waals surface area (Å²) in [6.07, 6.45) is 7.15. The summed E-state index contributed by atoms with van der Waals surface area (Å²) >= 11 is 0. The van der Waals surface area contributed by atoms with Crippen molar-refractivity contribution in [3.63, 3.8) is 0 Å². The fraction of sp³-hybridized carbons (Fsp3) is 0.500. The number of likely N-dealkylation sites (tertiary alicyclic amines) is 1. The van der Waals surface area contributed by atoms with Gasteiger partial charge in [-0.05, 0) is 43.4 Å². The van der Waals surface area contributed by atoms with E-state index in [1.807, 2.05) is 36.4 Å². The molecule has 1 aliphatic heterocycles. The van der Waals surface area contributed by atoms with Crippen LogP contribution in [0.25, 0.3) is 0 Å². The summed E-state index contributed by atoms with van der Waals surface area (Å²) in [5, 5.41) is 16.8. The van der Waals surface area contributed by atoms with E-state index in [0.717, 1.165) is 31.2 Å². The Morgan fingerprint density at radius 1 is 0.972 bits per heavy atom. The van der Waals surface area contributed by atoms with E-state index in [1.54, 1.807) is 23.2 Å². The number of hydrogen-bond donors (Lipinski definition) is 3. The van der Waals surface area contributed by atoms with E-state index in [1.165, 1.54) is 6.42 Å². The Bertz CT molecular complexity index is 1010. The largest absolute Gasteiger partial charge is 0.381 e. The number of benzene rings is 1. The normalized spacial score (nSPS) is 19.9. The summed E-state index contributed by atoms with van der Waals surface area (Å²) in [7, 11) is 0. The zero-order valence-electron chi connectivity index (χ0n) is 20.6. The minimum atomic E-state index is -1.29. The number of carbonyl (C=O) groups excluding carboxylic acids is 3. The van der Waals surface area contributed by atoms with Crippen LogP contribution in [0, 0.1) is 0 Å². The molecule has 1 saturated heterocycles. The molecule has 1 aliphatic carbocycles. The van der Waals surface area contributed by atoms with Crippen LogP contribution in [-0.4, -0.2) is 63.5 Å². The Kier molecular flexibility index (Phi) is 9.06. The van der Waals surface area contributed by atoms with Crippen LogP contribution in [0.1, 0.15) is 56.2 Å². The minimum absolute atomic E-state index is 0.0647. The van der Waals surface area contributed by atoms with Gasteiger partial charge in [0, 0.05) is 30.9 Å². The lowest BCUT2D eigenvalue weighted by atomic mass is 9.95. The molecule has 1 aromatic heterocycles. The zero-order chi connectivity index (χ0) is 25.3. The second kappa shape index (κ2) is 12.6. The molecule has 0 spiro atoms. The van der Waals surface area contributed by atoms with E-state index >= 15 is 0 Å². The lowest BCUT2D eigenvalue weighted by Gasteiger charge is -2.32. The third-order valence-electron chi connectivity index (χ3n) is 7.15. The SMILES string of the molecule is O=C(Cc1ccccn1)N[C@@H](Cc1ccccc1)C(=O)N1CCCC1C(O)C(=O)NC1CCCCC1. The van der Waals surface area contributed by atoms with Crippen molar-refractivity contribution in [3.8, 4) is 0 Å². The molecular formula is C28H36N4O4. The maximum Gasteiger partial charge on any atom is 0.251 e. The fourth-order valence-corrected chi connectivity index (χ4v) is 5.27. The summed E-state index contributed by atoms with van der Waals surface area (Å²) in [5.41, 5.74) is 1.54. The molecule has 36 heavy (non-hydrogen) atoms. The topological polar surface area (TPSA) is 112 Å². The molecule has 4 rings (SSSR count). The first kappa shape index (κ1) is 25.8. The van der Waals surface area contributed by atoms with Crippen molar-refractivity contribution in [2.24, 2.45) is 0 Å². The average molecular weight is 493 g/mol. The number of aliphatic hydroxyl groups excluding tert-OH is 1. The van der Waals surface area contributed by atoms with Crippen molar-refractivity contribution in [1.82, 2.24) is 20.5 Å². The monoisotopic (exact) mass is 492 g/mol. The van der Waals surface area contributed by atoms with Crippen LogP contribution in [0.3, 0.4) is 0 Å². The molecule has 2 heterocycles. The molecule has 3 atom stereocenters. The van der Waals surface area contributed by atoms with Crippen molar-refractivity contribution < 1.29 is 19.5 Å². The molecule has 192 valence electrons. The van der Waals surface area contributed by atoms with Crippen molar-refractivity contribution in [2.45, 2.75) is 82.0 Å². The molecule has 2 fully saturated rings. The van der Waals surface area contributed by atoms with Gasteiger partial charge in [-0.15, -0.1) is 0 Å². The first-order chi connectivity index (χ1) is 17.5. The van der Waals surface area contributed by atoms with Gasteiger partial charge in [-0.3, -0.25) is 19.4 Å². The van der Waals surface area contributed by atoms with Gasteiger partial charge in [-0.2, -0.15) is 0 Å². The van der Waals surface area contributed by atoms with Crippen LogP contribution in [-0.2, 0) is 27.2 Å². The number of aliphatic hydroxyl groups is 1. The van der Waals surface area contributed by atoms with E-state index in [-0.39, 0.29) is 24.3 Å². The van der Waals surface area contributed by atoms with Gasteiger partial charge in [0.15, 0.2) is 6.10 Å². The molecule has 2 aromatic rings. The second-order valence-corrected chi connectivity index (χ2v) is 9.84. The Morgan fingerprint density at radius 2 is 1.72 bits per heavy atom. The quantitative estimate of drug-likeness (QED) is 0.497. The second-order valence-electron chi connectivity index (χ2n) is 9.84. The fourth-order valence-electron chi connectivity index (χ4n) is 5.27. The predicted molar refractivity (Wildman–Crippen MR) is 136 cm³/mol. The van der Waals surface area contributed by atoms with Crippen LogP contribution in [0.2, 0.25) is 0 Å². The molecule has 1 aromatic carbocycles. The van der Waals surface area contributed by atoms with Crippen LogP contribution in [0.15, 0.2) is 54.7 Å². The van der Waals surface area contributed by atoms with Crippen molar-refractivity contribution in [2.75, 3.05) is 6.54 Å². The number of nitrogens with zero attached hydrogens (tertiary/aromatic N) is 2. The number of nitrogens with one attached hydrogen (secondary N) is 2. The number of rotatable bonds is 9. The third kappa shape index (κ3) is 6.91. The summed E-state index contributed by atoms with van der Waals surface area (Å²) in [5.74, 6) is -0.986. The molecule has 3 N–H and O–H groups in total. The van der Waals surface area contributed by atoms with E-state index in [9.17, 15) is 19.5 Å². The van der Waals surface area contributed by atoms with E-state index in [0.29, 0.717) is 31.5 Å². The Morgan fingerprint density at radius 3 is 2.44 bits per heavy atom. The number of carbonyl (C=O) groups is 3. The van der Waals surface area contributed by atoms with Crippen LogP contribution in [0.4, 0.5) is 0 Å². The highest BCUT2D eigenvalue weighted by Crippen LogP contribution is 2.24. The van der Waals surface area contributed by atoms with E-state index < -0.39 is 24.1 Å². The van der Waals surface area contributed by atoms with E-state index in [4.69, 9.17) is 0 Å². The Balaban J connectivity index is 1.45. The van der Waals surface area contributed by atoms with Crippen LogP contribution >= 0.6 is 0 Å². The molecule has 3 amide bonds. The molecule has 8 heteroatoms. The highest BCUT2D eigenvalue weighted by molar-refractivity contribution is 5.90. The number of aromatic nitrogens is 1. The molecule has 0 bridgehead atoms. The first-order valence-corrected chi connectivity index (χ1v) is 13.0. The minimum Gasteiger partial charge on any atom is -0.381 e. The molecule has 8 nitrogen and oxygen atoms in total. The predicted octanol–water partition coefficient (Wildman–Crippen LogP) is 2.15. The van der Waals surface area contributed by atoms with Gasteiger partial charge in [-0.25, -0.2) is 0 Å². The van der Waals surface area contributed by atoms with Crippen LogP contribution < -0.4 is 10.6 Å². The van der Waals surface area contributed by atoms with Crippen molar-refractivity contribution in [1.29, 1.82) is 0 Å². The molecule has 2 aliphatic rings. The highest BCUT2D eigenvalue weighted by Gasteiger charge is 2.40.